The maximum Gasteiger partial charge on any atom is 0.339 e. The highest BCUT2D eigenvalue weighted by Crippen LogP contribution is 2.23. The third-order valence-electron chi connectivity index (χ3n) is 2.78. The van der Waals surface area contributed by atoms with Gasteiger partial charge in [-0.15, -0.1) is 0 Å². The van der Waals surface area contributed by atoms with Crippen LogP contribution in [-0.4, -0.2) is 16.2 Å². The van der Waals surface area contributed by atoms with E-state index in [9.17, 15) is 4.79 Å². The lowest BCUT2D eigenvalue weighted by atomic mass is 10.2. The van der Waals surface area contributed by atoms with E-state index < -0.39 is 5.63 Å². The fraction of sp³-hybridized carbons (Fsp3) is 0.143. The van der Waals surface area contributed by atoms with Crippen molar-refractivity contribution in [3.63, 3.8) is 0 Å². The second-order valence-corrected chi connectivity index (χ2v) is 4.07. The predicted molar refractivity (Wildman–Crippen MR) is 70.2 cm³/mol. The minimum Gasteiger partial charge on any atom is -0.491 e. The van der Waals surface area contributed by atoms with E-state index in [4.69, 9.17) is 9.15 Å². The maximum absolute atomic E-state index is 11.4. The molecule has 0 spiro atoms. The van der Waals surface area contributed by atoms with Crippen molar-refractivity contribution < 1.29 is 9.15 Å². The molecule has 19 heavy (non-hydrogen) atoms. The van der Waals surface area contributed by atoms with Crippen molar-refractivity contribution >= 4 is 11.0 Å². The van der Waals surface area contributed by atoms with Crippen LogP contribution >= 0.6 is 0 Å². The van der Waals surface area contributed by atoms with Crippen LogP contribution in [0.4, 0.5) is 0 Å². The van der Waals surface area contributed by atoms with Crippen molar-refractivity contribution in [2.24, 2.45) is 0 Å². The van der Waals surface area contributed by atoms with Gasteiger partial charge in [-0.2, -0.15) is 0 Å². The van der Waals surface area contributed by atoms with Crippen LogP contribution in [0.25, 0.3) is 11.0 Å². The van der Waals surface area contributed by atoms with Gasteiger partial charge in [0.15, 0.2) is 0 Å². The van der Waals surface area contributed by atoms with Crippen molar-refractivity contribution in [2.45, 2.75) is 6.54 Å². The average Bonchev–Trinajstić information content (AvgIpc) is 2.91. The van der Waals surface area contributed by atoms with Crippen LogP contribution in [0.15, 0.2) is 58.3 Å². The van der Waals surface area contributed by atoms with E-state index in [0.717, 1.165) is 5.39 Å². The van der Waals surface area contributed by atoms with Gasteiger partial charge in [0.1, 0.15) is 17.9 Å². The number of aromatic nitrogens is 2. The highest BCUT2D eigenvalue weighted by Gasteiger charge is 2.05. The van der Waals surface area contributed by atoms with E-state index >= 15 is 0 Å². The number of imidazole rings is 1. The molecule has 5 heteroatoms. The zero-order chi connectivity index (χ0) is 13.1. The topological polar surface area (TPSA) is 57.3 Å². The standard InChI is InChI=1S/C14H12N2O3/c17-14-9-13(11-3-1-2-4-12(11)19-14)18-8-7-16-6-5-15-10-16/h1-6,9-10H,7-8H2. The molecule has 0 fully saturated rings. The van der Waals surface area contributed by atoms with E-state index in [1.165, 1.54) is 6.07 Å². The zero-order valence-electron chi connectivity index (χ0n) is 10.2. The third-order valence-corrected chi connectivity index (χ3v) is 2.78. The predicted octanol–water partition coefficient (Wildman–Crippen LogP) is 2.07. The summed E-state index contributed by atoms with van der Waals surface area (Å²) in [7, 11) is 0. The Morgan fingerprint density at radius 3 is 3.05 bits per heavy atom. The van der Waals surface area contributed by atoms with Crippen LogP contribution in [0.1, 0.15) is 0 Å². The molecule has 0 aliphatic rings. The van der Waals surface area contributed by atoms with Gasteiger partial charge < -0.3 is 13.7 Å². The Labute approximate surface area is 109 Å². The van der Waals surface area contributed by atoms with Crippen molar-refractivity contribution in [1.82, 2.24) is 9.55 Å². The summed E-state index contributed by atoms with van der Waals surface area (Å²) in [6.07, 6.45) is 5.30. The summed E-state index contributed by atoms with van der Waals surface area (Å²) < 4.78 is 12.7. The second-order valence-electron chi connectivity index (χ2n) is 4.07. The van der Waals surface area contributed by atoms with Gasteiger partial charge in [-0.1, -0.05) is 12.1 Å². The average molecular weight is 256 g/mol. The largest absolute Gasteiger partial charge is 0.491 e. The summed E-state index contributed by atoms with van der Waals surface area (Å²) in [6, 6.07) is 8.69. The molecular formula is C14H12N2O3. The van der Waals surface area contributed by atoms with Gasteiger partial charge in [0, 0.05) is 12.4 Å². The summed E-state index contributed by atoms with van der Waals surface area (Å²) in [4.78, 5) is 15.4. The molecule has 0 aliphatic carbocycles. The molecule has 5 nitrogen and oxygen atoms in total. The van der Waals surface area contributed by atoms with E-state index in [0.29, 0.717) is 24.5 Å². The number of ether oxygens (including phenoxy) is 1. The summed E-state index contributed by atoms with van der Waals surface area (Å²) in [6.45, 7) is 1.14. The minimum absolute atomic E-state index is 0.406. The van der Waals surface area contributed by atoms with Crippen LogP contribution in [0, 0.1) is 0 Å². The molecule has 0 aliphatic heterocycles. The number of nitrogens with zero attached hydrogens (tertiary/aromatic N) is 2. The number of hydrogen-bond donors (Lipinski definition) is 0. The Morgan fingerprint density at radius 2 is 2.21 bits per heavy atom. The zero-order valence-corrected chi connectivity index (χ0v) is 10.2. The molecule has 0 atom stereocenters. The van der Waals surface area contributed by atoms with E-state index in [1.54, 1.807) is 18.6 Å². The first kappa shape index (κ1) is 11.5. The Balaban J connectivity index is 1.82. The van der Waals surface area contributed by atoms with Crippen molar-refractivity contribution in [2.75, 3.05) is 6.61 Å². The van der Waals surface area contributed by atoms with Gasteiger partial charge >= 0.3 is 5.63 Å². The minimum atomic E-state index is -0.406. The second kappa shape index (κ2) is 4.97. The highest BCUT2D eigenvalue weighted by molar-refractivity contribution is 5.82. The summed E-state index contributed by atoms with van der Waals surface area (Å²) >= 11 is 0. The fourth-order valence-corrected chi connectivity index (χ4v) is 1.88. The van der Waals surface area contributed by atoms with Gasteiger partial charge in [0.2, 0.25) is 0 Å². The first-order valence-electron chi connectivity index (χ1n) is 5.94. The van der Waals surface area contributed by atoms with Gasteiger partial charge in [0.05, 0.1) is 24.3 Å². The van der Waals surface area contributed by atoms with Crippen LogP contribution < -0.4 is 10.4 Å². The van der Waals surface area contributed by atoms with Gasteiger partial charge in [0.25, 0.3) is 0 Å². The molecule has 1 aromatic carbocycles. The maximum atomic E-state index is 11.4. The molecular weight excluding hydrogens is 244 g/mol. The van der Waals surface area contributed by atoms with Crippen LogP contribution in [-0.2, 0) is 6.54 Å². The number of fused-ring (bicyclic) bond motifs is 1. The summed E-state index contributed by atoms with van der Waals surface area (Å²) in [5.74, 6) is 0.548. The number of benzene rings is 1. The number of rotatable bonds is 4. The van der Waals surface area contributed by atoms with Crippen molar-refractivity contribution in [3.05, 3.63) is 59.5 Å². The molecule has 2 aromatic heterocycles. The van der Waals surface area contributed by atoms with Gasteiger partial charge in [-0.05, 0) is 12.1 Å². The Kier molecular flexibility index (Phi) is 3.02. The van der Waals surface area contributed by atoms with Gasteiger partial charge in [-0.25, -0.2) is 9.78 Å². The van der Waals surface area contributed by atoms with E-state index in [-0.39, 0.29) is 0 Å². The SMILES string of the molecule is O=c1cc(OCCn2ccnc2)c2ccccc2o1. The molecule has 3 aromatic rings. The Bertz CT molecular complexity index is 732. The smallest absolute Gasteiger partial charge is 0.339 e. The quantitative estimate of drug-likeness (QED) is 0.670. The fourth-order valence-electron chi connectivity index (χ4n) is 1.88. The molecule has 96 valence electrons. The molecule has 0 saturated heterocycles. The molecule has 2 heterocycles. The molecule has 0 radical (unpaired) electrons. The molecule has 3 rings (SSSR count). The molecule has 0 N–H and O–H groups in total. The first-order valence-corrected chi connectivity index (χ1v) is 5.94. The molecule has 0 bridgehead atoms. The normalized spacial score (nSPS) is 10.7. The lowest BCUT2D eigenvalue weighted by Gasteiger charge is -2.08. The molecule has 0 saturated carbocycles. The number of para-hydroxylation sites is 1. The summed E-state index contributed by atoms with van der Waals surface area (Å²) in [5, 5.41) is 0.799. The molecule has 0 unspecified atom stereocenters. The number of hydrogen-bond acceptors (Lipinski definition) is 4. The highest BCUT2D eigenvalue weighted by atomic mass is 16.5. The van der Waals surface area contributed by atoms with Crippen LogP contribution in [0.5, 0.6) is 5.75 Å². The Hall–Kier alpha value is -2.56. The Morgan fingerprint density at radius 1 is 1.32 bits per heavy atom. The van der Waals surface area contributed by atoms with Crippen molar-refractivity contribution in [3.8, 4) is 5.75 Å². The summed E-state index contributed by atoms with van der Waals surface area (Å²) in [5.41, 5.74) is 0.129. The van der Waals surface area contributed by atoms with Crippen LogP contribution in [0.3, 0.4) is 0 Å². The first-order chi connectivity index (χ1) is 9.33. The van der Waals surface area contributed by atoms with Crippen molar-refractivity contribution in [1.29, 1.82) is 0 Å². The van der Waals surface area contributed by atoms with E-state index in [1.807, 2.05) is 29.0 Å². The monoisotopic (exact) mass is 256 g/mol. The van der Waals surface area contributed by atoms with E-state index in [2.05, 4.69) is 4.98 Å². The lowest BCUT2D eigenvalue weighted by molar-refractivity contribution is 0.299. The lowest BCUT2D eigenvalue weighted by Crippen LogP contribution is -2.08. The van der Waals surface area contributed by atoms with Crippen LogP contribution in [0.2, 0.25) is 0 Å². The third kappa shape index (κ3) is 2.49. The van der Waals surface area contributed by atoms with Gasteiger partial charge in [-0.3, -0.25) is 0 Å². The molecule has 0 amide bonds.